The summed E-state index contributed by atoms with van der Waals surface area (Å²) in [6.45, 7) is -0.304. The number of alkyl halides is 5. The summed E-state index contributed by atoms with van der Waals surface area (Å²) >= 11 is 0. The fourth-order valence-corrected chi connectivity index (χ4v) is 1.33. The van der Waals surface area contributed by atoms with Crippen molar-refractivity contribution < 1.29 is 40.5 Å². The van der Waals surface area contributed by atoms with Gasteiger partial charge in [-0.15, -0.1) is 0 Å². The summed E-state index contributed by atoms with van der Waals surface area (Å²) in [5.41, 5.74) is 0. The van der Waals surface area contributed by atoms with Crippen molar-refractivity contribution in [2.24, 2.45) is 0 Å². The van der Waals surface area contributed by atoms with E-state index in [-0.39, 0.29) is 6.61 Å². The van der Waals surface area contributed by atoms with Crippen molar-refractivity contribution in [2.45, 2.75) is 25.4 Å². The third-order valence-electron chi connectivity index (χ3n) is 1.37. The fourth-order valence-electron chi connectivity index (χ4n) is 0.623. The first-order chi connectivity index (χ1) is 7.02. The molecule has 0 aromatic heterocycles. The van der Waals surface area contributed by atoms with E-state index in [0.29, 0.717) is 0 Å². The van der Waals surface area contributed by atoms with Crippen LogP contribution >= 0.6 is 7.82 Å². The summed E-state index contributed by atoms with van der Waals surface area (Å²) in [5, 5.41) is 0. The summed E-state index contributed by atoms with van der Waals surface area (Å²) in [6.07, 6.45) is -7.51. The molecule has 0 rings (SSSR count). The predicted octanol–water partition coefficient (Wildman–Crippen LogP) is 2.10. The molecule has 0 aliphatic rings. The van der Waals surface area contributed by atoms with E-state index in [4.69, 9.17) is 0 Å². The Labute approximate surface area is 88.0 Å². The molecule has 0 fully saturated rings. The molecular formula is C6H9F5O4P-. The van der Waals surface area contributed by atoms with Gasteiger partial charge in [0.1, 0.15) is 0 Å². The van der Waals surface area contributed by atoms with E-state index in [1.165, 1.54) is 6.92 Å². The van der Waals surface area contributed by atoms with Crippen LogP contribution in [0.1, 0.15) is 13.3 Å². The Bertz CT molecular complexity index is 266. The van der Waals surface area contributed by atoms with Crippen LogP contribution in [-0.4, -0.2) is 25.3 Å². The lowest BCUT2D eigenvalue weighted by molar-refractivity contribution is -0.287. The van der Waals surface area contributed by atoms with E-state index in [9.17, 15) is 31.4 Å². The van der Waals surface area contributed by atoms with Crippen molar-refractivity contribution in [1.82, 2.24) is 0 Å². The Balaban J connectivity index is 4.13. The maximum atomic E-state index is 12.3. The summed E-state index contributed by atoms with van der Waals surface area (Å²) < 4.78 is 77.8. The molecule has 0 radical (unpaired) electrons. The largest absolute Gasteiger partial charge is 0.756 e. The average Bonchev–Trinajstić information content (AvgIpc) is 2.00. The van der Waals surface area contributed by atoms with Crippen molar-refractivity contribution >= 4 is 7.82 Å². The first-order valence-electron chi connectivity index (χ1n) is 4.06. The zero-order chi connectivity index (χ0) is 13.0. The molecule has 10 heteroatoms. The molecule has 0 aliphatic carbocycles. The maximum absolute atomic E-state index is 12.3. The van der Waals surface area contributed by atoms with E-state index in [1.54, 1.807) is 0 Å². The third kappa shape index (κ3) is 5.20. The van der Waals surface area contributed by atoms with Gasteiger partial charge in [0.15, 0.2) is 0 Å². The maximum Gasteiger partial charge on any atom is 0.453 e. The smallest absolute Gasteiger partial charge is 0.453 e. The number of phosphoric ester groups is 1. The summed E-state index contributed by atoms with van der Waals surface area (Å²) in [5.74, 6) is -4.99. The molecule has 0 saturated carbocycles. The number of phosphoric acid groups is 1. The molecule has 98 valence electrons. The van der Waals surface area contributed by atoms with Gasteiger partial charge in [0, 0.05) is 6.42 Å². The van der Waals surface area contributed by atoms with Crippen LogP contribution in [0.25, 0.3) is 0 Å². The third-order valence-corrected chi connectivity index (χ3v) is 2.44. The highest BCUT2D eigenvalue weighted by molar-refractivity contribution is 7.45. The Morgan fingerprint density at radius 2 is 1.69 bits per heavy atom. The van der Waals surface area contributed by atoms with Crippen LogP contribution in [0.2, 0.25) is 0 Å². The second-order valence-electron chi connectivity index (χ2n) is 2.65. The summed E-state index contributed by atoms with van der Waals surface area (Å²) in [6, 6.07) is 0. The highest BCUT2D eigenvalue weighted by atomic mass is 31.2. The van der Waals surface area contributed by atoms with Gasteiger partial charge in [-0.2, -0.15) is 22.0 Å². The van der Waals surface area contributed by atoms with Gasteiger partial charge in [-0.05, 0) is 6.92 Å². The topological polar surface area (TPSA) is 58.6 Å². The number of hydrogen-bond acceptors (Lipinski definition) is 4. The first kappa shape index (κ1) is 15.8. The zero-order valence-electron chi connectivity index (χ0n) is 8.09. The van der Waals surface area contributed by atoms with Crippen LogP contribution < -0.4 is 4.89 Å². The molecule has 0 bridgehead atoms. The predicted molar refractivity (Wildman–Crippen MR) is 40.8 cm³/mol. The van der Waals surface area contributed by atoms with Gasteiger partial charge in [0.25, 0.3) is 7.82 Å². The second-order valence-corrected chi connectivity index (χ2v) is 4.06. The molecule has 1 unspecified atom stereocenters. The molecule has 1 atom stereocenters. The van der Waals surface area contributed by atoms with Crippen molar-refractivity contribution in [2.75, 3.05) is 13.2 Å². The second kappa shape index (κ2) is 5.39. The standard InChI is InChI=1S/C6H10F5O4P/c1-2-14-16(12,13)15-4-3-5(7,8)6(9,10)11/h2-4H2,1H3,(H,12,13)/p-1. The highest BCUT2D eigenvalue weighted by Gasteiger charge is 2.56. The summed E-state index contributed by atoms with van der Waals surface area (Å²) in [4.78, 5) is 10.6. The number of hydrogen-bond donors (Lipinski definition) is 0. The van der Waals surface area contributed by atoms with Crippen LogP contribution in [0.5, 0.6) is 0 Å². The van der Waals surface area contributed by atoms with Gasteiger partial charge in [0.05, 0.1) is 13.2 Å². The molecule has 0 aromatic carbocycles. The van der Waals surface area contributed by atoms with E-state index in [1.807, 2.05) is 0 Å². The molecule has 0 N–H and O–H groups in total. The SMILES string of the molecule is CCOP(=O)([O-])OCCC(F)(F)C(F)(F)F. The van der Waals surface area contributed by atoms with Crippen LogP contribution in [0.3, 0.4) is 0 Å². The molecule has 0 aliphatic heterocycles. The van der Waals surface area contributed by atoms with Gasteiger partial charge in [-0.3, -0.25) is 4.57 Å². The number of rotatable bonds is 6. The lowest BCUT2D eigenvalue weighted by Crippen LogP contribution is -2.37. The minimum Gasteiger partial charge on any atom is -0.756 e. The Morgan fingerprint density at radius 3 is 2.06 bits per heavy atom. The van der Waals surface area contributed by atoms with Crippen molar-refractivity contribution in [1.29, 1.82) is 0 Å². The first-order valence-corrected chi connectivity index (χ1v) is 5.52. The minimum absolute atomic E-state index is 0.295. The van der Waals surface area contributed by atoms with Crippen molar-refractivity contribution in [3.63, 3.8) is 0 Å². The number of halogens is 5. The normalized spacial score (nSPS) is 17.2. The molecule has 16 heavy (non-hydrogen) atoms. The molecular weight excluding hydrogens is 262 g/mol. The van der Waals surface area contributed by atoms with Gasteiger partial charge < -0.3 is 13.9 Å². The molecule has 0 spiro atoms. The van der Waals surface area contributed by atoms with Gasteiger partial charge >= 0.3 is 12.1 Å². The van der Waals surface area contributed by atoms with E-state index in [2.05, 4.69) is 9.05 Å². The van der Waals surface area contributed by atoms with Crippen LogP contribution in [0.4, 0.5) is 22.0 Å². The molecule has 0 amide bonds. The average molecular weight is 271 g/mol. The lowest BCUT2D eigenvalue weighted by atomic mass is 10.2. The zero-order valence-corrected chi connectivity index (χ0v) is 8.99. The van der Waals surface area contributed by atoms with Gasteiger partial charge in [0.2, 0.25) is 0 Å². The molecule has 0 aromatic rings. The van der Waals surface area contributed by atoms with Gasteiger partial charge in [-0.1, -0.05) is 0 Å². The van der Waals surface area contributed by atoms with Crippen molar-refractivity contribution in [3.05, 3.63) is 0 Å². The molecule has 0 heterocycles. The van der Waals surface area contributed by atoms with E-state index < -0.39 is 32.9 Å². The van der Waals surface area contributed by atoms with Crippen LogP contribution in [0.15, 0.2) is 0 Å². The Kier molecular flexibility index (Phi) is 5.31. The minimum atomic E-state index is -5.73. The fraction of sp³-hybridized carbons (Fsp3) is 1.00. The Hall–Kier alpha value is -0.240. The quantitative estimate of drug-likeness (QED) is 0.548. The van der Waals surface area contributed by atoms with Crippen LogP contribution in [0, 0.1) is 0 Å². The highest BCUT2D eigenvalue weighted by Crippen LogP contribution is 2.41. The lowest BCUT2D eigenvalue weighted by Gasteiger charge is -2.24. The Morgan fingerprint density at radius 1 is 1.19 bits per heavy atom. The molecule has 0 saturated heterocycles. The van der Waals surface area contributed by atoms with E-state index in [0.717, 1.165) is 0 Å². The monoisotopic (exact) mass is 271 g/mol. The van der Waals surface area contributed by atoms with Gasteiger partial charge in [-0.25, -0.2) is 0 Å². The summed E-state index contributed by atoms with van der Waals surface area (Å²) in [7, 11) is -4.78. The van der Waals surface area contributed by atoms with Crippen molar-refractivity contribution in [3.8, 4) is 0 Å². The van der Waals surface area contributed by atoms with Crippen LogP contribution in [-0.2, 0) is 13.6 Å². The molecule has 4 nitrogen and oxygen atoms in total. The van der Waals surface area contributed by atoms with E-state index >= 15 is 0 Å².